The van der Waals surface area contributed by atoms with E-state index in [4.69, 9.17) is 4.74 Å². The number of amides is 2. The highest BCUT2D eigenvalue weighted by molar-refractivity contribution is 6.22. The molecule has 35 heavy (non-hydrogen) atoms. The lowest BCUT2D eigenvalue weighted by atomic mass is 9.73. The summed E-state index contributed by atoms with van der Waals surface area (Å²) in [5.41, 5.74) is 2.37. The fraction of sp³-hybridized carbons (Fsp3) is 0.241. The number of anilines is 1. The summed E-state index contributed by atoms with van der Waals surface area (Å²) in [6.07, 6.45) is 2.23. The van der Waals surface area contributed by atoms with E-state index in [0.29, 0.717) is 24.1 Å². The van der Waals surface area contributed by atoms with Crippen LogP contribution in [0.15, 0.2) is 84.9 Å². The van der Waals surface area contributed by atoms with Gasteiger partial charge in [0.2, 0.25) is 11.8 Å². The molecule has 1 saturated carbocycles. The summed E-state index contributed by atoms with van der Waals surface area (Å²) in [6.45, 7) is -0.361. The Labute approximate surface area is 203 Å². The Bertz CT molecular complexity index is 1250. The zero-order valence-corrected chi connectivity index (χ0v) is 19.1. The van der Waals surface area contributed by atoms with Crippen molar-refractivity contribution in [2.75, 3.05) is 11.5 Å². The molecule has 2 fully saturated rings. The van der Waals surface area contributed by atoms with Gasteiger partial charge < -0.3 is 4.74 Å². The van der Waals surface area contributed by atoms with Gasteiger partial charge in [0.05, 0.1) is 23.1 Å². The SMILES string of the molecule is O=C(COC(=O)c1ccc(N2C(=O)[C@@H]3CC[C@H](c4ccccc4)C[C@H]3C2=O)cc1)c1ccccc1. The van der Waals surface area contributed by atoms with Gasteiger partial charge in [0.1, 0.15) is 0 Å². The minimum absolute atomic E-state index is 0.171. The predicted octanol–water partition coefficient (Wildman–Crippen LogP) is 4.80. The maximum absolute atomic E-state index is 13.2. The van der Waals surface area contributed by atoms with E-state index in [9.17, 15) is 19.2 Å². The number of rotatable bonds is 6. The van der Waals surface area contributed by atoms with Crippen LogP contribution in [0.25, 0.3) is 0 Å². The lowest BCUT2D eigenvalue weighted by molar-refractivity contribution is -0.122. The molecule has 6 nitrogen and oxygen atoms in total. The van der Waals surface area contributed by atoms with E-state index >= 15 is 0 Å². The van der Waals surface area contributed by atoms with Crippen molar-refractivity contribution >= 4 is 29.3 Å². The molecule has 0 spiro atoms. The van der Waals surface area contributed by atoms with Crippen LogP contribution in [0.5, 0.6) is 0 Å². The van der Waals surface area contributed by atoms with Crippen molar-refractivity contribution in [1.82, 2.24) is 0 Å². The molecule has 2 amide bonds. The molecule has 1 saturated heterocycles. The van der Waals surface area contributed by atoms with Crippen LogP contribution in [0.1, 0.15) is 51.5 Å². The number of fused-ring (bicyclic) bond motifs is 1. The molecule has 3 aromatic rings. The second kappa shape index (κ2) is 9.66. The van der Waals surface area contributed by atoms with Crippen molar-refractivity contribution < 1.29 is 23.9 Å². The van der Waals surface area contributed by atoms with E-state index in [-0.39, 0.29) is 47.5 Å². The number of esters is 1. The molecule has 0 unspecified atom stereocenters. The van der Waals surface area contributed by atoms with Gasteiger partial charge in [-0.15, -0.1) is 0 Å². The number of nitrogens with zero attached hydrogens (tertiary/aromatic N) is 1. The highest BCUT2D eigenvalue weighted by Crippen LogP contribution is 2.45. The number of hydrogen-bond donors (Lipinski definition) is 0. The van der Waals surface area contributed by atoms with Gasteiger partial charge in [0.15, 0.2) is 12.4 Å². The van der Waals surface area contributed by atoms with Crippen molar-refractivity contribution in [2.45, 2.75) is 25.2 Å². The quantitative estimate of drug-likeness (QED) is 0.296. The van der Waals surface area contributed by atoms with E-state index in [0.717, 1.165) is 6.42 Å². The van der Waals surface area contributed by atoms with Gasteiger partial charge >= 0.3 is 5.97 Å². The Kier molecular flexibility index (Phi) is 6.27. The first-order valence-corrected chi connectivity index (χ1v) is 11.8. The van der Waals surface area contributed by atoms with Crippen molar-refractivity contribution in [3.8, 4) is 0 Å². The van der Waals surface area contributed by atoms with Crippen LogP contribution >= 0.6 is 0 Å². The minimum Gasteiger partial charge on any atom is -0.454 e. The summed E-state index contributed by atoms with van der Waals surface area (Å²) in [7, 11) is 0. The summed E-state index contributed by atoms with van der Waals surface area (Å²) in [6, 6.07) is 24.9. The van der Waals surface area contributed by atoms with Gasteiger partial charge in [-0.1, -0.05) is 60.7 Å². The maximum atomic E-state index is 13.2. The lowest BCUT2D eigenvalue weighted by Crippen LogP contribution is -2.30. The molecule has 1 aliphatic carbocycles. The van der Waals surface area contributed by atoms with Crippen LogP contribution in [0.3, 0.4) is 0 Å². The number of imide groups is 1. The van der Waals surface area contributed by atoms with Crippen LogP contribution in [0, 0.1) is 11.8 Å². The summed E-state index contributed by atoms with van der Waals surface area (Å²) in [4.78, 5) is 52.2. The number of carbonyl (C=O) groups excluding carboxylic acids is 4. The third-order valence-electron chi connectivity index (χ3n) is 6.99. The van der Waals surface area contributed by atoms with Gasteiger partial charge in [-0.3, -0.25) is 19.3 Å². The second-order valence-corrected chi connectivity index (χ2v) is 9.06. The average molecular weight is 468 g/mol. The summed E-state index contributed by atoms with van der Waals surface area (Å²) >= 11 is 0. The van der Waals surface area contributed by atoms with E-state index in [1.165, 1.54) is 22.6 Å². The van der Waals surface area contributed by atoms with Gasteiger partial charge in [0.25, 0.3) is 0 Å². The minimum atomic E-state index is -0.640. The monoisotopic (exact) mass is 467 g/mol. The summed E-state index contributed by atoms with van der Waals surface area (Å²) in [5.74, 6) is -1.63. The molecule has 1 aliphatic heterocycles. The molecule has 1 heterocycles. The Balaban J connectivity index is 1.24. The van der Waals surface area contributed by atoms with Crippen LogP contribution < -0.4 is 4.90 Å². The number of carbonyl (C=O) groups is 4. The fourth-order valence-corrected chi connectivity index (χ4v) is 5.13. The largest absolute Gasteiger partial charge is 0.454 e. The molecule has 3 atom stereocenters. The molecule has 5 rings (SSSR count). The van der Waals surface area contributed by atoms with Crippen molar-refractivity contribution in [3.63, 3.8) is 0 Å². The van der Waals surface area contributed by atoms with Gasteiger partial charge in [-0.25, -0.2) is 4.79 Å². The first-order chi connectivity index (χ1) is 17.0. The number of ketones is 1. The lowest BCUT2D eigenvalue weighted by Gasteiger charge is -2.28. The third-order valence-corrected chi connectivity index (χ3v) is 6.99. The van der Waals surface area contributed by atoms with Crippen molar-refractivity contribution in [2.24, 2.45) is 11.8 Å². The molecule has 0 bridgehead atoms. The van der Waals surface area contributed by atoms with Crippen LogP contribution in [0.4, 0.5) is 5.69 Å². The first kappa shape index (κ1) is 22.7. The van der Waals surface area contributed by atoms with Crippen LogP contribution in [0.2, 0.25) is 0 Å². The zero-order chi connectivity index (χ0) is 24.4. The number of ether oxygens (including phenoxy) is 1. The zero-order valence-electron chi connectivity index (χ0n) is 19.1. The Hall–Kier alpha value is -4.06. The maximum Gasteiger partial charge on any atom is 0.338 e. The number of Topliss-reactive ketones (excluding diaryl/α,β-unsaturated/α-hetero) is 1. The molecule has 6 heteroatoms. The van der Waals surface area contributed by atoms with Crippen molar-refractivity contribution in [1.29, 1.82) is 0 Å². The van der Waals surface area contributed by atoms with Crippen molar-refractivity contribution in [3.05, 3.63) is 102 Å². The van der Waals surface area contributed by atoms with Crippen LogP contribution in [-0.4, -0.2) is 30.2 Å². The number of benzene rings is 3. The summed E-state index contributed by atoms with van der Waals surface area (Å²) in [5, 5.41) is 0. The molecule has 176 valence electrons. The topological polar surface area (TPSA) is 80.8 Å². The molecular weight excluding hydrogens is 442 g/mol. The smallest absolute Gasteiger partial charge is 0.338 e. The van der Waals surface area contributed by atoms with E-state index in [2.05, 4.69) is 12.1 Å². The van der Waals surface area contributed by atoms with Crippen LogP contribution in [-0.2, 0) is 14.3 Å². The van der Waals surface area contributed by atoms with Gasteiger partial charge in [-0.2, -0.15) is 0 Å². The fourth-order valence-electron chi connectivity index (χ4n) is 5.13. The standard InChI is InChI=1S/C29H25NO5/c31-26(20-9-5-2-6-10-20)18-35-29(34)21-11-14-23(15-12-21)30-27(32)24-16-13-22(17-25(24)28(30)33)19-7-3-1-4-8-19/h1-12,14-15,22,24-25H,13,16-18H2/t22-,24+,25+/m0/s1. The normalized spacial score (nSPS) is 21.5. The molecule has 0 N–H and O–H groups in total. The average Bonchev–Trinajstić information content (AvgIpc) is 3.17. The highest BCUT2D eigenvalue weighted by Gasteiger charge is 2.50. The Morgan fingerprint density at radius 2 is 1.37 bits per heavy atom. The molecule has 0 aromatic heterocycles. The Morgan fingerprint density at radius 3 is 2.06 bits per heavy atom. The van der Waals surface area contributed by atoms with Gasteiger partial charge in [-0.05, 0) is 55.0 Å². The highest BCUT2D eigenvalue weighted by atomic mass is 16.5. The molecule has 3 aromatic carbocycles. The van der Waals surface area contributed by atoms with E-state index < -0.39 is 5.97 Å². The van der Waals surface area contributed by atoms with E-state index in [1.54, 1.807) is 42.5 Å². The summed E-state index contributed by atoms with van der Waals surface area (Å²) < 4.78 is 5.15. The number of hydrogen-bond acceptors (Lipinski definition) is 5. The molecule has 0 radical (unpaired) electrons. The second-order valence-electron chi connectivity index (χ2n) is 9.06. The third kappa shape index (κ3) is 4.52. The Morgan fingerprint density at radius 1 is 0.743 bits per heavy atom. The first-order valence-electron chi connectivity index (χ1n) is 11.8. The van der Waals surface area contributed by atoms with Gasteiger partial charge in [0, 0.05) is 5.56 Å². The van der Waals surface area contributed by atoms with E-state index in [1.807, 2.05) is 18.2 Å². The molecule has 2 aliphatic rings. The predicted molar refractivity (Wildman–Crippen MR) is 130 cm³/mol. The molecular formula is C29H25NO5.